The molecule has 1 atom stereocenters. The number of aliphatic hydroxyl groups is 1. The first-order chi connectivity index (χ1) is 10.6. The predicted octanol–water partition coefficient (Wildman–Crippen LogP) is 3.01. The highest BCUT2D eigenvalue weighted by Gasteiger charge is 2.42. The summed E-state index contributed by atoms with van der Waals surface area (Å²) in [6.45, 7) is 3.80. The Kier molecular flexibility index (Phi) is 8.06. The van der Waals surface area contributed by atoms with Gasteiger partial charge >= 0.3 is 0 Å². The van der Waals surface area contributed by atoms with Crippen molar-refractivity contribution >= 4 is 0 Å². The summed E-state index contributed by atoms with van der Waals surface area (Å²) in [5, 5.41) is 20.8. The molecule has 1 aromatic rings. The van der Waals surface area contributed by atoms with Crippen molar-refractivity contribution in [2.24, 2.45) is 0 Å². The van der Waals surface area contributed by atoms with Crippen molar-refractivity contribution in [3.05, 3.63) is 45.5 Å². The van der Waals surface area contributed by atoms with Crippen molar-refractivity contribution in [3.8, 4) is 0 Å². The number of aryl methyl sites for hydroxylation is 2. The van der Waals surface area contributed by atoms with Gasteiger partial charge in [-0.05, 0) is 37.3 Å². The van der Waals surface area contributed by atoms with Crippen molar-refractivity contribution in [1.82, 2.24) is 0 Å². The molecule has 124 valence electrons. The van der Waals surface area contributed by atoms with Gasteiger partial charge < -0.3 is 9.84 Å². The second kappa shape index (κ2) is 9.54. The van der Waals surface area contributed by atoms with Crippen LogP contribution in [-0.4, -0.2) is 35.4 Å². The van der Waals surface area contributed by atoms with Crippen LogP contribution in [0.15, 0.2) is 24.3 Å². The molecule has 1 aromatic carbocycles. The van der Waals surface area contributed by atoms with Gasteiger partial charge in [-0.2, -0.15) is 0 Å². The summed E-state index contributed by atoms with van der Waals surface area (Å²) in [5.41, 5.74) is 0.940. The summed E-state index contributed by atoms with van der Waals surface area (Å²) in [6, 6.07) is 8.21. The highest BCUT2D eigenvalue weighted by Crippen LogP contribution is 2.19. The molecule has 0 amide bonds. The smallest absolute Gasteiger partial charge is 0.267 e. The third-order valence-electron chi connectivity index (χ3n) is 3.98. The summed E-state index contributed by atoms with van der Waals surface area (Å²) in [7, 11) is 0. The van der Waals surface area contributed by atoms with Crippen LogP contribution in [0.1, 0.15) is 44.2 Å². The van der Waals surface area contributed by atoms with Crippen LogP contribution in [0, 0.1) is 10.1 Å². The molecule has 0 heterocycles. The Hall–Kier alpha value is -1.46. The summed E-state index contributed by atoms with van der Waals surface area (Å²) in [5.74, 6) is 0. The summed E-state index contributed by atoms with van der Waals surface area (Å²) in [4.78, 5) is 10.9. The standard InChI is InChI=1S/C17H27NO4/c1-3-5-6-15-7-9-16(10-8-15)11-12-17(13-19,18(20)21)14-22-4-2/h7-10,19H,3-6,11-14H2,1-2H3. The zero-order valence-electron chi connectivity index (χ0n) is 13.6. The number of rotatable bonds is 11. The average molecular weight is 309 g/mol. The third kappa shape index (κ3) is 5.39. The Morgan fingerprint density at radius 2 is 1.77 bits per heavy atom. The molecule has 0 fully saturated rings. The zero-order chi connectivity index (χ0) is 16.4. The SMILES string of the molecule is CCCCc1ccc(CCC(CO)(COCC)[N+](=O)[O-])cc1. The van der Waals surface area contributed by atoms with Crippen molar-refractivity contribution < 1.29 is 14.8 Å². The lowest BCUT2D eigenvalue weighted by Gasteiger charge is -2.23. The van der Waals surface area contributed by atoms with Crippen LogP contribution in [0.2, 0.25) is 0 Å². The van der Waals surface area contributed by atoms with E-state index in [2.05, 4.69) is 19.1 Å². The van der Waals surface area contributed by atoms with Gasteiger partial charge in [0.2, 0.25) is 0 Å². The molecule has 0 radical (unpaired) electrons. The Bertz CT molecular complexity index is 446. The van der Waals surface area contributed by atoms with Gasteiger partial charge in [-0.3, -0.25) is 10.1 Å². The Morgan fingerprint density at radius 3 is 2.23 bits per heavy atom. The van der Waals surface area contributed by atoms with Crippen LogP contribution >= 0.6 is 0 Å². The van der Waals surface area contributed by atoms with Gasteiger partial charge in [-0.25, -0.2) is 0 Å². The lowest BCUT2D eigenvalue weighted by Crippen LogP contribution is -2.47. The van der Waals surface area contributed by atoms with Gasteiger partial charge in [0.05, 0.1) is 0 Å². The number of aliphatic hydroxyl groups excluding tert-OH is 1. The maximum atomic E-state index is 11.3. The van der Waals surface area contributed by atoms with E-state index in [0.717, 1.165) is 12.0 Å². The molecular formula is C17H27NO4. The second-order valence-electron chi connectivity index (χ2n) is 5.70. The van der Waals surface area contributed by atoms with Crippen molar-refractivity contribution in [2.75, 3.05) is 19.8 Å². The van der Waals surface area contributed by atoms with Crippen molar-refractivity contribution in [3.63, 3.8) is 0 Å². The molecule has 1 unspecified atom stereocenters. The number of ether oxygens (including phenoxy) is 1. The molecule has 22 heavy (non-hydrogen) atoms. The predicted molar refractivity (Wildman–Crippen MR) is 86.7 cm³/mol. The van der Waals surface area contributed by atoms with E-state index in [0.29, 0.717) is 13.0 Å². The number of hydrogen-bond donors (Lipinski definition) is 1. The van der Waals surface area contributed by atoms with Gasteiger partial charge in [0, 0.05) is 18.0 Å². The molecule has 0 saturated carbocycles. The molecular weight excluding hydrogens is 282 g/mol. The van der Waals surface area contributed by atoms with Gasteiger partial charge in [-0.1, -0.05) is 37.6 Å². The lowest BCUT2D eigenvalue weighted by molar-refractivity contribution is -0.579. The molecule has 1 rings (SSSR count). The highest BCUT2D eigenvalue weighted by molar-refractivity contribution is 5.23. The van der Waals surface area contributed by atoms with Crippen LogP contribution in [0.4, 0.5) is 0 Å². The number of nitrogens with zero attached hydrogens (tertiary/aromatic N) is 1. The van der Waals surface area contributed by atoms with Crippen LogP contribution in [0.5, 0.6) is 0 Å². The molecule has 0 aliphatic carbocycles. The number of benzene rings is 1. The molecule has 0 saturated heterocycles. The van der Waals surface area contributed by atoms with E-state index < -0.39 is 17.1 Å². The van der Waals surface area contributed by atoms with E-state index in [-0.39, 0.29) is 13.0 Å². The summed E-state index contributed by atoms with van der Waals surface area (Å²) >= 11 is 0. The molecule has 0 aromatic heterocycles. The molecule has 0 aliphatic rings. The summed E-state index contributed by atoms with van der Waals surface area (Å²) in [6.07, 6.45) is 4.23. The lowest BCUT2D eigenvalue weighted by atomic mass is 9.93. The van der Waals surface area contributed by atoms with Crippen LogP contribution < -0.4 is 0 Å². The number of hydrogen-bond acceptors (Lipinski definition) is 4. The van der Waals surface area contributed by atoms with Crippen molar-refractivity contribution in [2.45, 2.75) is 51.5 Å². The number of unbranched alkanes of at least 4 members (excludes halogenated alkanes) is 1. The fourth-order valence-corrected chi connectivity index (χ4v) is 2.32. The molecule has 0 spiro atoms. The first-order valence-corrected chi connectivity index (χ1v) is 7.99. The fourth-order valence-electron chi connectivity index (χ4n) is 2.32. The minimum Gasteiger partial charge on any atom is -0.389 e. The van der Waals surface area contributed by atoms with Gasteiger partial charge in [0.15, 0.2) is 0 Å². The minimum absolute atomic E-state index is 0.0540. The van der Waals surface area contributed by atoms with Gasteiger partial charge in [-0.15, -0.1) is 0 Å². The largest absolute Gasteiger partial charge is 0.389 e. The van der Waals surface area contributed by atoms with E-state index in [1.165, 1.54) is 18.4 Å². The maximum Gasteiger partial charge on any atom is 0.267 e. The average Bonchev–Trinajstić information content (AvgIpc) is 2.54. The topological polar surface area (TPSA) is 72.6 Å². The van der Waals surface area contributed by atoms with E-state index in [1.807, 2.05) is 12.1 Å². The quantitative estimate of drug-likeness (QED) is 0.504. The molecule has 5 heteroatoms. The van der Waals surface area contributed by atoms with Crippen molar-refractivity contribution in [1.29, 1.82) is 0 Å². The minimum atomic E-state index is -1.41. The summed E-state index contributed by atoms with van der Waals surface area (Å²) < 4.78 is 5.20. The molecule has 5 nitrogen and oxygen atoms in total. The van der Waals surface area contributed by atoms with E-state index in [4.69, 9.17) is 4.74 Å². The molecule has 0 bridgehead atoms. The van der Waals surface area contributed by atoms with Crippen LogP contribution in [0.3, 0.4) is 0 Å². The van der Waals surface area contributed by atoms with Gasteiger partial charge in [0.1, 0.15) is 13.2 Å². The monoisotopic (exact) mass is 309 g/mol. The second-order valence-corrected chi connectivity index (χ2v) is 5.70. The van der Waals surface area contributed by atoms with Gasteiger partial charge in [0.25, 0.3) is 5.54 Å². The third-order valence-corrected chi connectivity index (χ3v) is 3.98. The van der Waals surface area contributed by atoms with E-state index in [9.17, 15) is 15.2 Å². The Morgan fingerprint density at radius 1 is 1.18 bits per heavy atom. The van der Waals surface area contributed by atoms with Crippen LogP contribution in [0.25, 0.3) is 0 Å². The maximum absolute atomic E-state index is 11.3. The first kappa shape index (κ1) is 18.6. The molecule has 1 N–H and O–H groups in total. The van der Waals surface area contributed by atoms with Crippen LogP contribution in [-0.2, 0) is 17.6 Å². The normalized spacial score (nSPS) is 13.8. The van der Waals surface area contributed by atoms with E-state index in [1.54, 1.807) is 6.92 Å². The van der Waals surface area contributed by atoms with E-state index >= 15 is 0 Å². The zero-order valence-corrected chi connectivity index (χ0v) is 13.6. The number of nitro groups is 1. The first-order valence-electron chi connectivity index (χ1n) is 7.99. The fraction of sp³-hybridized carbons (Fsp3) is 0.647. The molecule has 0 aliphatic heterocycles. The Balaban J connectivity index is 2.65. The Labute approximate surface area is 132 Å². The highest BCUT2D eigenvalue weighted by atomic mass is 16.6.